The number of nitrogens with two attached hydrogens (primary N) is 1. The summed E-state index contributed by atoms with van der Waals surface area (Å²) in [5.74, 6) is 1.24. The quantitative estimate of drug-likeness (QED) is 0.783. The van der Waals surface area contributed by atoms with Gasteiger partial charge in [-0.25, -0.2) is 9.97 Å². The van der Waals surface area contributed by atoms with Crippen molar-refractivity contribution in [2.24, 2.45) is 0 Å². The average molecular weight is 189 g/mol. The number of furan rings is 1. The lowest BCUT2D eigenvalue weighted by Crippen LogP contribution is -1.99. The van der Waals surface area contributed by atoms with E-state index in [1.54, 1.807) is 18.6 Å². The van der Waals surface area contributed by atoms with E-state index < -0.39 is 0 Å². The van der Waals surface area contributed by atoms with E-state index in [-0.39, 0.29) is 0 Å². The van der Waals surface area contributed by atoms with Crippen molar-refractivity contribution in [3.63, 3.8) is 0 Å². The molecule has 0 aliphatic carbocycles. The zero-order chi connectivity index (χ0) is 9.97. The Morgan fingerprint density at radius 3 is 2.93 bits per heavy atom. The number of nitrogen functional groups attached to an aromatic ring is 1. The van der Waals surface area contributed by atoms with E-state index in [0.717, 1.165) is 23.5 Å². The van der Waals surface area contributed by atoms with Crippen molar-refractivity contribution in [3.05, 3.63) is 30.5 Å². The molecule has 4 nitrogen and oxygen atoms in total. The molecule has 0 atom stereocenters. The molecule has 4 heteroatoms. The first-order chi connectivity index (χ1) is 6.79. The zero-order valence-electron chi connectivity index (χ0n) is 7.90. The Kier molecular flexibility index (Phi) is 2.18. The molecule has 0 fully saturated rings. The smallest absolute Gasteiger partial charge is 0.131 e. The number of aryl methyl sites for hydroxylation is 1. The molecule has 2 rings (SSSR count). The molecule has 0 saturated heterocycles. The van der Waals surface area contributed by atoms with Gasteiger partial charge in [-0.3, -0.25) is 0 Å². The van der Waals surface area contributed by atoms with Crippen molar-refractivity contribution >= 4 is 5.82 Å². The number of aromatic nitrogens is 2. The second-order valence-electron chi connectivity index (χ2n) is 2.96. The van der Waals surface area contributed by atoms with Crippen molar-refractivity contribution in [1.82, 2.24) is 9.97 Å². The third-order valence-electron chi connectivity index (χ3n) is 1.93. The number of hydrogen-bond donors (Lipinski definition) is 1. The van der Waals surface area contributed by atoms with Crippen LogP contribution < -0.4 is 5.73 Å². The summed E-state index contributed by atoms with van der Waals surface area (Å²) in [7, 11) is 0. The van der Waals surface area contributed by atoms with Gasteiger partial charge in [0.1, 0.15) is 11.6 Å². The minimum absolute atomic E-state index is 0.494. The van der Waals surface area contributed by atoms with E-state index in [1.807, 2.05) is 13.0 Å². The molecule has 0 aliphatic heterocycles. The van der Waals surface area contributed by atoms with Crippen LogP contribution in [0.4, 0.5) is 5.82 Å². The van der Waals surface area contributed by atoms with E-state index in [2.05, 4.69) is 9.97 Å². The highest BCUT2D eigenvalue weighted by Gasteiger charge is 2.04. The Labute approximate surface area is 81.8 Å². The predicted octanol–water partition coefficient (Wildman–Crippen LogP) is 1.88. The normalized spacial score (nSPS) is 10.4. The minimum Gasteiger partial charge on any atom is -0.472 e. The van der Waals surface area contributed by atoms with Crippen LogP contribution in [-0.2, 0) is 6.42 Å². The van der Waals surface area contributed by atoms with Gasteiger partial charge in [0.25, 0.3) is 0 Å². The van der Waals surface area contributed by atoms with Gasteiger partial charge < -0.3 is 10.2 Å². The summed E-state index contributed by atoms with van der Waals surface area (Å²) >= 11 is 0. The Balaban J connectivity index is 2.48. The maximum absolute atomic E-state index is 5.66. The van der Waals surface area contributed by atoms with Crippen molar-refractivity contribution in [1.29, 1.82) is 0 Å². The van der Waals surface area contributed by atoms with Gasteiger partial charge in [-0.15, -0.1) is 0 Å². The zero-order valence-corrected chi connectivity index (χ0v) is 7.90. The molecule has 2 aromatic heterocycles. The molecular formula is C10H11N3O. The summed E-state index contributed by atoms with van der Waals surface area (Å²) in [5, 5.41) is 0. The lowest BCUT2D eigenvalue weighted by molar-refractivity contribution is 0.568. The molecule has 0 unspecified atom stereocenters. The van der Waals surface area contributed by atoms with E-state index in [0.29, 0.717) is 5.82 Å². The van der Waals surface area contributed by atoms with Gasteiger partial charge in [-0.1, -0.05) is 6.92 Å². The van der Waals surface area contributed by atoms with Crippen LogP contribution in [0.5, 0.6) is 0 Å². The predicted molar refractivity (Wildman–Crippen MR) is 53.5 cm³/mol. The van der Waals surface area contributed by atoms with E-state index in [4.69, 9.17) is 10.2 Å². The lowest BCUT2D eigenvalue weighted by atomic mass is 10.2. The maximum Gasteiger partial charge on any atom is 0.131 e. The Morgan fingerprint density at radius 2 is 2.29 bits per heavy atom. The summed E-state index contributed by atoms with van der Waals surface area (Å²) in [4.78, 5) is 8.44. The van der Waals surface area contributed by atoms with Crippen LogP contribution in [0.15, 0.2) is 29.1 Å². The van der Waals surface area contributed by atoms with Crippen molar-refractivity contribution < 1.29 is 4.42 Å². The van der Waals surface area contributed by atoms with E-state index in [1.165, 1.54) is 0 Å². The Bertz CT molecular complexity index is 423. The molecule has 2 heterocycles. The number of hydrogen-bond acceptors (Lipinski definition) is 4. The van der Waals surface area contributed by atoms with E-state index >= 15 is 0 Å². The second kappa shape index (κ2) is 3.49. The highest BCUT2D eigenvalue weighted by molar-refractivity contribution is 5.60. The number of nitrogens with zero attached hydrogens (tertiary/aromatic N) is 2. The molecule has 14 heavy (non-hydrogen) atoms. The molecule has 0 amide bonds. The molecule has 2 N–H and O–H groups in total. The van der Waals surface area contributed by atoms with Gasteiger partial charge >= 0.3 is 0 Å². The van der Waals surface area contributed by atoms with Gasteiger partial charge in [0.15, 0.2) is 0 Å². The third-order valence-corrected chi connectivity index (χ3v) is 1.93. The fourth-order valence-electron chi connectivity index (χ4n) is 1.23. The van der Waals surface area contributed by atoms with Gasteiger partial charge in [0.2, 0.25) is 0 Å². The average Bonchev–Trinajstić information content (AvgIpc) is 2.69. The topological polar surface area (TPSA) is 64.9 Å². The van der Waals surface area contributed by atoms with Crippen LogP contribution >= 0.6 is 0 Å². The summed E-state index contributed by atoms with van der Waals surface area (Å²) in [6.45, 7) is 1.99. The fraction of sp³-hybridized carbons (Fsp3) is 0.200. The van der Waals surface area contributed by atoms with Crippen LogP contribution in [0.1, 0.15) is 12.7 Å². The first kappa shape index (κ1) is 8.74. The van der Waals surface area contributed by atoms with Crippen molar-refractivity contribution in [2.45, 2.75) is 13.3 Å². The SMILES string of the molecule is CCc1nc(N)cc(-c2ccoc2)n1. The fourth-order valence-corrected chi connectivity index (χ4v) is 1.23. The summed E-state index contributed by atoms with van der Waals surface area (Å²) in [6.07, 6.45) is 4.02. The minimum atomic E-state index is 0.494. The van der Waals surface area contributed by atoms with Crippen LogP contribution in [-0.4, -0.2) is 9.97 Å². The number of rotatable bonds is 2. The van der Waals surface area contributed by atoms with Gasteiger partial charge in [0, 0.05) is 18.1 Å². The first-order valence-corrected chi connectivity index (χ1v) is 4.45. The van der Waals surface area contributed by atoms with Crippen LogP contribution in [0.2, 0.25) is 0 Å². The van der Waals surface area contributed by atoms with Crippen LogP contribution in [0, 0.1) is 0 Å². The summed E-state index contributed by atoms with van der Waals surface area (Å²) in [5.41, 5.74) is 7.39. The van der Waals surface area contributed by atoms with Crippen molar-refractivity contribution in [2.75, 3.05) is 5.73 Å². The summed E-state index contributed by atoms with van der Waals surface area (Å²) < 4.78 is 4.98. The second-order valence-corrected chi connectivity index (χ2v) is 2.96. The monoisotopic (exact) mass is 189 g/mol. The highest BCUT2D eigenvalue weighted by Crippen LogP contribution is 2.18. The molecule has 0 aromatic carbocycles. The molecule has 0 bridgehead atoms. The van der Waals surface area contributed by atoms with Gasteiger partial charge in [-0.05, 0) is 6.07 Å². The van der Waals surface area contributed by atoms with Gasteiger partial charge in [-0.2, -0.15) is 0 Å². The third kappa shape index (κ3) is 1.59. The molecule has 2 aromatic rings. The maximum atomic E-state index is 5.66. The molecule has 0 saturated carbocycles. The summed E-state index contributed by atoms with van der Waals surface area (Å²) in [6, 6.07) is 3.59. The molecule has 0 aliphatic rings. The van der Waals surface area contributed by atoms with Crippen molar-refractivity contribution in [3.8, 4) is 11.3 Å². The molecular weight excluding hydrogens is 178 g/mol. The van der Waals surface area contributed by atoms with Crippen LogP contribution in [0.25, 0.3) is 11.3 Å². The standard InChI is InChI=1S/C10H11N3O/c1-2-10-12-8(5-9(11)13-10)7-3-4-14-6-7/h3-6H,2H2,1H3,(H2,11,12,13). The lowest BCUT2D eigenvalue weighted by Gasteiger charge is -2.01. The largest absolute Gasteiger partial charge is 0.472 e. The Morgan fingerprint density at radius 1 is 1.43 bits per heavy atom. The van der Waals surface area contributed by atoms with E-state index in [9.17, 15) is 0 Å². The van der Waals surface area contributed by atoms with Gasteiger partial charge in [0.05, 0.1) is 18.2 Å². The highest BCUT2D eigenvalue weighted by atomic mass is 16.3. The number of anilines is 1. The first-order valence-electron chi connectivity index (χ1n) is 4.45. The molecule has 0 radical (unpaired) electrons. The molecule has 0 spiro atoms. The molecule has 72 valence electrons. The Hall–Kier alpha value is -1.84. The van der Waals surface area contributed by atoms with Crippen LogP contribution in [0.3, 0.4) is 0 Å².